The molecular weight excluding hydrogens is 911 g/mol. The Morgan fingerprint density at radius 3 is 1.58 bits per heavy atom. The number of urea groups is 2. The second-order valence-corrected chi connectivity index (χ2v) is 13.9. The van der Waals surface area contributed by atoms with Crippen molar-refractivity contribution >= 4 is 68.5 Å². The summed E-state index contributed by atoms with van der Waals surface area (Å²) in [6, 6.07) is 19.8. The van der Waals surface area contributed by atoms with E-state index >= 15 is 0 Å². The van der Waals surface area contributed by atoms with Crippen LogP contribution in [0.2, 0.25) is 5.02 Å². The van der Waals surface area contributed by atoms with Crippen LogP contribution >= 0.6 is 11.6 Å². The Labute approximate surface area is 370 Å². The molecule has 2 aromatic heterocycles. The molecule has 66 heavy (non-hydrogen) atoms. The molecule has 0 aliphatic carbocycles. The zero-order valence-corrected chi connectivity index (χ0v) is 33.7. The Hall–Kier alpha value is -8.20. The predicted molar refractivity (Wildman–Crippen MR) is 225 cm³/mol. The molecule has 0 fully saturated rings. The van der Waals surface area contributed by atoms with Crippen LogP contribution in [0.3, 0.4) is 0 Å². The normalized spacial score (nSPS) is 11.3. The van der Waals surface area contributed by atoms with Gasteiger partial charge in [0, 0.05) is 72.2 Å². The summed E-state index contributed by atoms with van der Waals surface area (Å²) in [4.78, 5) is 40.7. The van der Waals surface area contributed by atoms with Gasteiger partial charge in [-0.1, -0.05) is 17.7 Å². The highest BCUT2D eigenvalue weighted by atomic mass is 35.5. The summed E-state index contributed by atoms with van der Waals surface area (Å²) in [5.41, 5.74) is -0.552. The number of halogens is 10. The van der Waals surface area contributed by atoms with Crippen LogP contribution in [-0.4, -0.2) is 32.0 Å². The Morgan fingerprint density at radius 2 is 1.00 bits per heavy atom. The van der Waals surface area contributed by atoms with Gasteiger partial charge in [0.15, 0.2) is 17.4 Å². The largest absolute Gasteiger partial charge is 0.457 e. The number of nitrogens with zero attached hydrogens (tertiary/aromatic N) is 4. The van der Waals surface area contributed by atoms with E-state index in [0.717, 1.165) is 48.5 Å². The highest BCUT2D eigenvalue weighted by Gasteiger charge is 2.34. The van der Waals surface area contributed by atoms with E-state index < -0.39 is 63.8 Å². The van der Waals surface area contributed by atoms with Gasteiger partial charge in [0.2, 0.25) is 0 Å². The quantitative estimate of drug-likeness (QED) is 0.110. The van der Waals surface area contributed by atoms with Crippen molar-refractivity contribution in [3.63, 3.8) is 0 Å². The molecule has 0 unspecified atom stereocenters. The van der Waals surface area contributed by atoms with E-state index in [9.17, 15) is 49.1 Å². The van der Waals surface area contributed by atoms with Crippen molar-refractivity contribution in [2.24, 2.45) is 0 Å². The predicted octanol–water partition coefficient (Wildman–Crippen LogP) is 13.2. The Kier molecular flexibility index (Phi) is 13.4. The summed E-state index contributed by atoms with van der Waals surface area (Å²) in [6.45, 7) is 0. The number of hydrogen-bond acceptors (Lipinski definition) is 8. The Morgan fingerprint density at radius 1 is 0.485 bits per heavy atom. The first-order valence-electron chi connectivity index (χ1n) is 18.6. The van der Waals surface area contributed by atoms with Gasteiger partial charge in [-0.2, -0.15) is 26.3 Å². The van der Waals surface area contributed by atoms with Crippen molar-refractivity contribution in [2.75, 3.05) is 21.3 Å². The maximum absolute atomic E-state index is 14.5. The van der Waals surface area contributed by atoms with E-state index in [0.29, 0.717) is 33.9 Å². The molecule has 12 nitrogen and oxygen atoms in total. The summed E-state index contributed by atoms with van der Waals surface area (Å²) >= 11 is 5.53. The van der Waals surface area contributed by atoms with E-state index in [-0.39, 0.29) is 34.2 Å². The highest BCUT2D eigenvalue weighted by Crippen LogP contribution is 2.37. The average molecular weight is 937 g/mol. The SMILES string of the molecule is O=C(Nc1cc(F)c(Oc2ccc3nccnc3c2)c(F)c1)Nc1ccc(Cl)c(C(F)(F)F)c1.O=C(Nc1cccc(C(F)(F)F)c1)Nc1ccc(Oc2ccc3nccnc3c2)cc1F. The molecule has 0 aliphatic rings. The number of aromatic nitrogens is 4. The molecule has 0 spiro atoms. The average Bonchev–Trinajstić information content (AvgIpc) is 3.26. The fourth-order valence-electron chi connectivity index (χ4n) is 5.83. The molecule has 0 saturated carbocycles. The van der Waals surface area contributed by atoms with E-state index in [2.05, 4.69) is 41.2 Å². The second-order valence-electron chi connectivity index (χ2n) is 13.5. The molecule has 0 radical (unpaired) electrons. The summed E-state index contributed by atoms with van der Waals surface area (Å²) in [5, 5.41) is 8.23. The van der Waals surface area contributed by atoms with Crippen LogP contribution in [-0.2, 0) is 12.4 Å². The number of rotatable bonds is 8. The minimum absolute atomic E-state index is 0.0860. The molecule has 2 heterocycles. The van der Waals surface area contributed by atoms with Crippen LogP contribution in [0.4, 0.5) is 71.9 Å². The van der Waals surface area contributed by atoms with Crippen LogP contribution in [0.1, 0.15) is 11.1 Å². The van der Waals surface area contributed by atoms with E-state index in [1.54, 1.807) is 30.5 Å². The number of amides is 4. The van der Waals surface area contributed by atoms with Gasteiger partial charge in [0.1, 0.15) is 23.1 Å². The monoisotopic (exact) mass is 936 g/mol. The molecule has 4 N–H and O–H groups in total. The van der Waals surface area contributed by atoms with Crippen molar-refractivity contribution in [2.45, 2.75) is 12.4 Å². The molecular formula is C44H26ClF9N8O4. The molecule has 0 saturated heterocycles. The molecule has 0 atom stereocenters. The molecule has 8 aromatic rings. The van der Waals surface area contributed by atoms with Gasteiger partial charge in [-0.05, 0) is 72.8 Å². The number of hydrogen-bond donors (Lipinski definition) is 4. The van der Waals surface area contributed by atoms with Crippen molar-refractivity contribution < 1.29 is 58.6 Å². The minimum atomic E-state index is -4.73. The van der Waals surface area contributed by atoms with Crippen LogP contribution in [0.25, 0.3) is 22.1 Å². The number of anilines is 4. The van der Waals surface area contributed by atoms with E-state index in [4.69, 9.17) is 21.1 Å². The number of ether oxygens (including phenoxy) is 2. The van der Waals surface area contributed by atoms with E-state index in [1.165, 1.54) is 48.9 Å². The summed E-state index contributed by atoms with van der Waals surface area (Å²) in [5.74, 6) is -3.06. The number of nitrogens with one attached hydrogen (secondary N) is 4. The lowest BCUT2D eigenvalue weighted by Gasteiger charge is -2.13. The topological polar surface area (TPSA) is 152 Å². The summed E-state index contributed by atoms with van der Waals surface area (Å²) < 4.78 is 132. The molecule has 0 aliphatic heterocycles. The van der Waals surface area contributed by atoms with Gasteiger partial charge < -0.3 is 30.7 Å². The van der Waals surface area contributed by atoms with Gasteiger partial charge in [-0.15, -0.1) is 0 Å². The molecule has 0 bridgehead atoms. The lowest BCUT2D eigenvalue weighted by Crippen LogP contribution is -2.20. The van der Waals surface area contributed by atoms with Crippen molar-refractivity contribution in [3.8, 4) is 23.0 Å². The van der Waals surface area contributed by atoms with Crippen molar-refractivity contribution in [1.82, 2.24) is 19.9 Å². The van der Waals surface area contributed by atoms with Crippen LogP contribution < -0.4 is 30.7 Å². The third-order valence-electron chi connectivity index (χ3n) is 8.76. The summed E-state index contributed by atoms with van der Waals surface area (Å²) in [7, 11) is 0. The molecule has 336 valence electrons. The molecule has 6 aromatic carbocycles. The lowest BCUT2D eigenvalue weighted by molar-refractivity contribution is -0.138. The van der Waals surface area contributed by atoms with Gasteiger partial charge in [0.05, 0.1) is 43.9 Å². The van der Waals surface area contributed by atoms with Gasteiger partial charge >= 0.3 is 24.4 Å². The Balaban J connectivity index is 0.000000197. The molecule has 8 rings (SSSR count). The van der Waals surface area contributed by atoms with Gasteiger partial charge in [0.25, 0.3) is 0 Å². The smallest absolute Gasteiger partial charge is 0.417 e. The van der Waals surface area contributed by atoms with Crippen molar-refractivity contribution in [3.05, 3.63) is 168 Å². The summed E-state index contributed by atoms with van der Waals surface area (Å²) in [6.07, 6.45) is -3.23. The zero-order chi connectivity index (χ0) is 47.2. The maximum atomic E-state index is 14.5. The van der Waals surface area contributed by atoms with Crippen LogP contribution in [0.15, 0.2) is 134 Å². The molecule has 22 heteroatoms. The Bertz CT molecular complexity index is 3080. The fourth-order valence-corrected chi connectivity index (χ4v) is 6.05. The first-order chi connectivity index (χ1) is 31.4. The number of fused-ring (bicyclic) bond motifs is 2. The van der Waals surface area contributed by atoms with Gasteiger partial charge in [-0.3, -0.25) is 19.9 Å². The van der Waals surface area contributed by atoms with E-state index in [1.807, 2.05) is 0 Å². The number of carbonyl (C=O) groups excluding carboxylic acids is 2. The third kappa shape index (κ3) is 11.7. The third-order valence-corrected chi connectivity index (χ3v) is 9.09. The maximum Gasteiger partial charge on any atom is 0.417 e. The second kappa shape index (κ2) is 19.3. The zero-order valence-electron chi connectivity index (χ0n) is 32.9. The first kappa shape index (κ1) is 45.8. The van der Waals surface area contributed by atoms with Gasteiger partial charge in [-0.25, -0.2) is 22.8 Å². The molecule has 4 amide bonds. The minimum Gasteiger partial charge on any atom is -0.457 e. The van der Waals surface area contributed by atoms with Crippen LogP contribution in [0, 0.1) is 17.5 Å². The number of benzene rings is 6. The first-order valence-corrected chi connectivity index (χ1v) is 19.0. The van der Waals surface area contributed by atoms with Crippen molar-refractivity contribution in [1.29, 1.82) is 0 Å². The number of alkyl halides is 6. The van der Waals surface area contributed by atoms with Crippen LogP contribution in [0.5, 0.6) is 23.0 Å². The standard InChI is InChI=1S/C22H12ClF5N4O2.C22H14F4N4O2/c23-15-3-1-11(7-14(15)22(26,27)28)31-21(33)32-12-8-16(24)20(17(25)9-12)34-13-2-4-18-19(10-13)30-6-5-29-18;23-17-11-15(32-16-5-7-19-20(12-16)28-9-8-27-19)4-6-18(17)30-21(31)29-14-3-1-2-13(10-14)22(24,25)26/h1-10H,(H2,31,32,33);1-12H,(H2,29,30,31). The lowest BCUT2D eigenvalue weighted by atomic mass is 10.2. The number of carbonyl (C=O) groups is 2. The highest BCUT2D eigenvalue weighted by molar-refractivity contribution is 6.31. The fraction of sp³-hybridized carbons (Fsp3) is 0.0455.